The Labute approximate surface area is 124 Å². The molecule has 112 valence electrons. The van der Waals surface area contributed by atoms with Crippen LogP contribution in [0.1, 0.15) is 17.3 Å². The summed E-state index contributed by atoms with van der Waals surface area (Å²) in [5.41, 5.74) is 1.17. The van der Waals surface area contributed by atoms with Gasteiger partial charge in [-0.25, -0.2) is 0 Å². The van der Waals surface area contributed by atoms with E-state index in [4.69, 9.17) is 0 Å². The standard InChI is InChI=1S/C16H21N3O2/c1-11(20)14-4-2-3-5-15(14)18-16(21)10-19-8-12-6-17-7-13(12)9-19/h2-5,12-13,17H,6-10H2,1H3,(H,18,21). The van der Waals surface area contributed by atoms with Gasteiger partial charge in [0.1, 0.15) is 0 Å². The Morgan fingerprint density at radius 3 is 2.57 bits per heavy atom. The Morgan fingerprint density at radius 1 is 1.24 bits per heavy atom. The first kappa shape index (κ1) is 14.2. The zero-order chi connectivity index (χ0) is 14.8. The highest BCUT2D eigenvalue weighted by atomic mass is 16.2. The first-order chi connectivity index (χ1) is 10.1. The predicted octanol–water partition coefficient (Wildman–Crippen LogP) is 0.979. The van der Waals surface area contributed by atoms with Crippen molar-refractivity contribution in [1.29, 1.82) is 0 Å². The monoisotopic (exact) mass is 287 g/mol. The van der Waals surface area contributed by atoms with Gasteiger partial charge in [-0.2, -0.15) is 0 Å². The van der Waals surface area contributed by atoms with E-state index >= 15 is 0 Å². The number of nitrogens with one attached hydrogen (secondary N) is 2. The van der Waals surface area contributed by atoms with Gasteiger partial charge in [-0.1, -0.05) is 12.1 Å². The van der Waals surface area contributed by atoms with Crippen LogP contribution in [0, 0.1) is 11.8 Å². The molecule has 0 saturated carbocycles. The third kappa shape index (κ3) is 3.14. The lowest BCUT2D eigenvalue weighted by molar-refractivity contribution is -0.117. The minimum absolute atomic E-state index is 0.0346. The van der Waals surface area contributed by atoms with E-state index in [9.17, 15) is 9.59 Å². The van der Waals surface area contributed by atoms with Crippen molar-refractivity contribution >= 4 is 17.4 Å². The van der Waals surface area contributed by atoms with E-state index in [0.29, 0.717) is 29.6 Å². The second-order valence-electron chi connectivity index (χ2n) is 6.02. The summed E-state index contributed by atoms with van der Waals surface area (Å²) in [5, 5.41) is 6.26. The van der Waals surface area contributed by atoms with Gasteiger partial charge in [0.15, 0.2) is 5.78 Å². The number of fused-ring (bicyclic) bond motifs is 1. The molecule has 0 radical (unpaired) electrons. The molecule has 3 rings (SSSR count). The summed E-state index contributed by atoms with van der Waals surface area (Å²) < 4.78 is 0. The molecule has 5 nitrogen and oxygen atoms in total. The van der Waals surface area contributed by atoms with Gasteiger partial charge in [-0.15, -0.1) is 0 Å². The third-order valence-corrected chi connectivity index (χ3v) is 4.41. The average molecular weight is 287 g/mol. The fourth-order valence-corrected chi connectivity index (χ4v) is 3.37. The van der Waals surface area contributed by atoms with E-state index in [1.165, 1.54) is 6.92 Å². The summed E-state index contributed by atoms with van der Waals surface area (Å²) in [6.45, 7) is 6.02. The van der Waals surface area contributed by atoms with Gasteiger partial charge in [0.2, 0.25) is 5.91 Å². The Hall–Kier alpha value is -1.72. The molecular weight excluding hydrogens is 266 g/mol. The molecule has 5 heteroatoms. The zero-order valence-electron chi connectivity index (χ0n) is 12.3. The van der Waals surface area contributed by atoms with Gasteiger partial charge in [0, 0.05) is 18.7 Å². The van der Waals surface area contributed by atoms with Crippen LogP contribution in [0.25, 0.3) is 0 Å². The maximum absolute atomic E-state index is 12.2. The van der Waals surface area contributed by atoms with Crippen LogP contribution >= 0.6 is 0 Å². The lowest BCUT2D eigenvalue weighted by Crippen LogP contribution is -2.34. The quantitative estimate of drug-likeness (QED) is 0.810. The number of para-hydroxylation sites is 1. The summed E-state index contributed by atoms with van der Waals surface area (Å²) in [6, 6.07) is 7.15. The van der Waals surface area contributed by atoms with Crippen LogP contribution in [0.2, 0.25) is 0 Å². The van der Waals surface area contributed by atoms with Crippen LogP contribution in [0.4, 0.5) is 5.69 Å². The van der Waals surface area contributed by atoms with Crippen LogP contribution < -0.4 is 10.6 Å². The second kappa shape index (κ2) is 5.95. The normalized spacial score (nSPS) is 24.8. The SMILES string of the molecule is CC(=O)c1ccccc1NC(=O)CN1CC2CNCC2C1. The molecule has 1 aromatic carbocycles. The number of Topliss-reactive ketones (excluding diaryl/α,β-unsaturated/α-hetero) is 1. The summed E-state index contributed by atoms with van der Waals surface area (Å²) >= 11 is 0. The molecule has 2 unspecified atom stereocenters. The number of ketones is 1. The molecule has 2 fully saturated rings. The number of hydrogen-bond donors (Lipinski definition) is 2. The number of amides is 1. The number of carbonyl (C=O) groups excluding carboxylic acids is 2. The Morgan fingerprint density at radius 2 is 1.90 bits per heavy atom. The second-order valence-corrected chi connectivity index (χ2v) is 6.02. The van der Waals surface area contributed by atoms with E-state index in [0.717, 1.165) is 26.2 Å². The summed E-state index contributed by atoms with van der Waals surface area (Å²) in [6.07, 6.45) is 0. The zero-order valence-corrected chi connectivity index (χ0v) is 12.3. The van der Waals surface area contributed by atoms with Crippen molar-refractivity contribution in [3.8, 4) is 0 Å². The third-order valence-electron chi connectivity index (χ3n) is 4.41. The van der Waals surface area contributed by atoms with Gasteiger partial charge in [0.25, 0.3) is 0 Å². The largest absolute Gasteiger partial charge is 0.324 e. The lowest BCUT2D eigenvalue weighted by Gasteiger charge is -2.17. The van der Waals surface area contributed by atoms with E-state index in [1.54, 1.807) is 18.2 Å². The molecule has 2 aliphatic rings. The smallest absolute Gasteiger partial charge is 0.238 e. The molecule has 21 heavy (non-hydrogen) atoms. The van der Waals surface area contributed by atoms with Crippen LogP contribution in [-0.2, 0) is 4.79 Å². The van der Waals surface area contributed by atoms with Gasteiger partial charge in [0.05, 0.1) is 12.2 Å². The molecule has 0 bridgehead atoms. The fourth-order valence-electron chi connectivity index (χ4n) is 3.37. The number of hydrogen-bond acceptors (Lipinski definition) is 4. The highest BCUT2D eigenvalue weighted by molar-refractivity contribution is 6.04. The van der Waals surface area contributed by atoms with E-state index in [-0.39, 0.29) is 11.7 Å². The van der Waals surface area contributed by atoms with Crippen molar-refractivity contribution in [2.45, 2.75) is 6.92 Å². The van der Waals surface area contributed by atoms with E-state index < -0.39 is 0 Å². The van der Waals surface area contributed by atoms with Crippen LogP contribution in [0.15, 0.2) is 24.3 Å². The predicted molar refractivity (Wildman–Crippen MR) is 81.4 cm³/mol. The van der Waals surface area contributed by atoms with E-state index in [2.05, 4.69) is 15.5 Å². The maximum Gasteiger partial charge on any atom is 0.238 e. The van der Waals surface area contributed by atoms with Crippen LogP contribution in [0.5, 0.6) is 0 Å². The Balaban J connectivity index is 1.59. The summed E-state index contributed by atoms with van der Waals surface area (Å²) in [7, 11) is 0. The molecule has 2 atom stereocenters. The van der Waals surface area contributed by atoms with Crippen molar-refractivity contribution in [2.24, 2.45) is 11.8 Å². The first-order valence-electron chi connectivity index (χ1n) is 7.46. The Kier molecular flexibility index (Phi) is 4.03. The van der Waals surface area contributed by atoms with Crippen LogP contribution in [-0.4, -0.2) is 49.3 Å². The molecule has 2 aliphatic heterocycles. The molecule has 1 aromatic rings. The molecule has 0 spiro atoms. The fraction of sp³-hybridized carbons (Fsp3) is 0.500. The summed E-state index contributed by atoms with van der Waals surface area (Å²) in [4.78, 5) is 25.9. The van der Waals surface area contributed by atoms with Crippen molar-refractivity contribution in [1.82, 2.24) is 10.2 Å². The molecular formula is C16H21N3O2. The number of rotatable bonds is 4. The number of benzene rings is 1. The summed E-state index contributed by atoms with van der Waals surface area (Å²) in [5.74, 6) is 1.29. The first-order valence-corrected chi connectivity index (χ1v) is 7.46. The van der Waals surface area contributed by atoms with Gasteiger partial charge in [-0.05, 0) is 44.0 Å². The lowest BCUT2D eigenvalue weighted by atomic mass is 10.0. The van der Waals surface area contributed by atoms with Gasteiger partial charge in [-0.3, -0.25) is 14.5 Å². The molecule has 2 N–H and O–H groups in total. The van der Waals surface area contributed by atoms with Crippen molar-refractivity contribution in [3.63, 3.8) is 0 Å². The number of carbonyl (C=O) groups is 2. The highest BCUT2D eigenvalue weighted by Gasteiger charge is 2.36. The van der Waals surface area contributed by atoms with Gasteiger partial charge >= 0.3 is 0 Å². The van der Waals surface area contributed by atoms with Crippen molar-refractivity contribution in [3.05, 3.63) is 29.8 Å². The van der Waals surface area contributed by atoms with Crippen molar-refractivity contribution < 1.29 is 9.59 Å². The molecule has 2 saturated heterocycles. The Bertz CT molecular complexity index is 546. The highest BCUT2D eigenvalue weighted by Crippen LogP contribution is 2.26. The number of nitrogens with zero attached hydrogens (tertiary/aromatic N) is 1. The van der Waals surface area contributed by atoms with E-state index in [1.807, 2.05) is 6.07 Å². The molecule has 0 aliphatic carbocycles. The number of likely N-dealkylation sites (tertiary alicyclic amines) is 1. The van der Waals surface area contributed by atoms with Gasteiger partial charge < -0.3 is 10.6 Å². The number of anilines is 1. The van der Waals surface area contributed by atoms with Crippen molar-refractivity contribution in [2.75, 3.05) is 38.0 Å². The molecule has 2 heterocycles. The van der Waals surface area contributed by atoms with Crippen LogP contribution in [0.3, 0.4) is 0 Å². The minimum Gasteiger partial charge on any atom is -0.324 e. The topological polar surface area (TPSA) is 61.4 Å². The maximum atomic E-state index is 12.2. The molecule has 0 aromatic heterocycles. The molecule has 1 amide bonds. The minimum atomic E-state index is -0.0448. The average Bonchev–Trinajstić information content (AvgIpc) is 2.99.